The largest absolute Gasteiger partial charge is 0.391 e. The molecule has 0 radical (unpaired) electrons. The Labute approximate surface area is 154 Å². The number of carbonyl (C=O) groups excluding carboxylic acids is 1. The van der Waals surface area contributed by atoms with Crippen molar-refractivity contribution in [3.8, 4) is 5.69 Å². The third kappa shape index (κ3) is 4.06. The third-order valence-corrected chi connectivity index (χ3v) is 4.76. The lowest BCUT2D eigenvalue weighted by Crippen LogP contribution is -2.34. The number of aliphatic hydroxyl groups excluding tert-OH is 1. The van der Waals surface area contributed by atoms with Gasteiger partial charge in [-0.25, -0.2) is 0 Å². The summed E-state index contributed by atoms with van der Waals surface area (Å²) in [5, 5.41) is 15.9. The molecule has 6 heteroatoms. The number of carbonyl (C=O) groups is 1. The standard InChI is InChI=1S/C19H25N3O2.ClH/c1-12-5-4-6-16(7-12)22-13(2)8-17(14(22)3)19(24)21-10-15-9-20-11-18(15)23;/h4-8,15,18,20,23H,9-11H2,1-3H3,(H,21,24);1H. The first-order chi connectivity index (χ1) is 11.5. The van der Waals surface area contributed by atoms with Gasteiger partial charge in [-0.1, -0.05) is 12.1 Å². The summed E-state index contributed by atoms with van der Waals surface area (Å²) >= 11 is 0. The van der Waals surface area contributed by atoms with Gasteiger partial charge < -0.3 is 20.3 Å². The molecular weight excluding hydrogens is 338 g/mol. The van der Waals surface area contributed by atoms with Crippen LogP contribution < -0.4 is 10.6 Å². The minimum atomic E-state index is -0.384. The van der Waals surface area contributed by atoms with Crippen LogP contribution in [0.15, 0.2) is 30.3 Å². The highest BCUT2D eigenvalue weighted by Crippen LogP contribution is 2.21. The van der Waals surface area contributed by atoms with E-state index in [1.165, 1.54) is 5.56 Å². The monoisotopic (exact) mass is 363 g/mol. The fraction of sp³-hybridized carbons (Fsp3) is 0.421. The van der Waals surface area contributed by atoms with E-state index in [1.54, 1.807) is 0 Å². The molecule has 1 aromatic carbocycles. The molecule has 1 amide bonds. The van der Waals surface area contributed by atoms with Gasteiger partial charge in [-0.05, 0) is 44.5 Å². The lowest BCUT2D eigenvalue weighted by Gasteiger charge is -2.14. The molecule has 3 rings (SSSR count). The maximum atomic E-state index is 12.6. The van der Waals surface area contributed by atoms with E-state index in [-0.39, 0.29) is 30.3 Å². The summed E-state index contributed by atoms with van der Waals surface area (Å²) in [6.07, 6.45) is -0.384. The summed E-state index contributed by atoms with van der Waals surface area (Å²) in [5.74, 6) is -0.00434. The summed E-state index contributed by atoms with van der Waals surface area (Å²) in [6, 6.07) is 10.2. The molecule has 0 saturated carbocycles. The van der Waals surface area contributed by atoms with E-state index in [0.717, 1.165) is 23.6 Å². The van der Waals surface area contributed by atoms with Crippen molar-refractivity contribution in [1.29, 1.82) is 0 Å². The molecule has 0 bridgehead atoms. The number of β-amino-alcohol motifs (C(OH)–C–C–N with tert-alkyl or cyclic N) is 1. The number of nitrogens with one attached hydrogen (secondary N) is 2. The van der Waals surface area contributed by atoms with E-state index in [2.05, 4.69) is 40.3 Å². The number of hydrogen-bond donors (Lipinski definition) is 3. The van der Waals surface area contributed by atoms with Gasteiger partial charge in [-0.3, -0.25) is 4.79 Å². The predicted molar refractivity (Wildman–Crippen MR) is 102 cm³/mol. The zero-order chi connectivity index (χ0) is 17.3. The number of hydrogen-bond acceptors (Lipinski definition) is 3. The Hall–Kier alpha value is -1.82. The number of nitrogens with zero attached hydrogens (tertiary/aromatic N) is 1. The molecular formula is C19H26ClN3O2. The Morgan fingerprint density at radius 3 is 2.68 bits per heavy atom. The van der Waals surface area contributed by atoms with Crippen molar-refractivity contribution in [2.45, 2.75) is 26.9 Å². The Balaban J connectivity index is 0.00000225. The van der Waals surface area contributed by atoms with Crippen molar-refractivity contribution < 1.29 is 9.90 Å². The van der Waals surface area contributed by atoms with Crippen molar-refractivity contribution in [2.24, 2.45) is 5.92 Å². The van der Waals surface area contributed by atoms with Crippen LogP contribution in [0.2, 0.25) is 0 Å². The average molecular weight is 364 g/mol. The quantitative estimate of drug-likeness (QED) is 0.779. The summed E-state index contributed by atoms with van der Waals surface area (Å²) in [5.41, 5.74) is 4.91. The molecule has 1 aliphatic rings. The summed E-state index contributed by atoms with van der Waals surface area (Å²) < 4.78 is 2.11. The first-order valence-electron chi connectivity index (χ1n) is 8.40. The van der Waals surface area contributed by atoms with E-state index >= 15 is 0 Å². The van der Waals surface area contributed by atoms with Gasteiger partial charge in [0.15, 0.2) is 0 Å². The van der Waals surface area contributed by atoms with Gasteiger partial charge in [0.05, 0.1) is 11.7 Å². The zero-order valence-corrected chi connectivity index (χ0v) is 15.7. The van der Waals surface area contributed by atoms with Gasteiger partial charge in [-0.2, -0.15) is 0 Å². The summed E-state index contributed by atoms with van der Waals surface area (Å²) in [4.78, 5) is 12.6. The van der Waals surface area contributed by atoms with Crippen LogP contribution in [-0.2, 0) is 0 Å². The van der Waals surface area contributed by atoms with Crippen LogP contribution in [0, 0.1) is 26.7 Å². The fourth-order valence-electron chi connectivity index (χ4n) is 3.40. The Kier molecular flexibility index (Phi) is 6.27. The van der Waals surface area contributed by atoms with Crippen molar-refractivity contribution >= 4 is 18.3 Å². The second-order valence-electron chi connectivity index (χ2n) is 6.65. The Morgan fingerprint density at radius 2 is 2.04 bits per heavy atom. The van der Waals surface area contributed by atoms with Crippen molar-refractivity contribution in [3.05, 3.63) is 52.8 Å². The number of aliphatic hydroxyl groups is 1. The van der Waals surface area contributed by atoms with Gasteiger partial charge in [0, 0.05) is 42.6 Å². The summed E-state index contributed by atoms with van der Waals surface area (Å²) in [7, 11) is 0. The van der Waals surface area contributed by atoms with Crippen molar-refractivity contribution in [2.75, 3.05) is 19.6 Å². The predicted octanol–water partition coefficient (Wildman–Crippen LogP) is 2.13. The minimum absolute atomic E-state index is 0. The molecule has 136 valence electrons. The first kappa shape index (κ1) is 19.5. The number of benzene rings is 1. The average Bonchev–Trinajstić information content (AvgIpc) is 3.08. The number of rotatable bonds is 4. The van der Waals surface area contributed by atoms with E-state index in [1.807, 2.05) is 26.0 Å². The van der Waals surface area contributed by atoms with Crippen LogP contribution in [0.4, 0.5) is 0 Å². The van der Waals surface area contributed by atoms with E-state index < -0.39 is 0 Å². The maximum absolute atomic E-state index is 12.6. The van der Waals surface area contributed by atoms with E-state index in [9.17, 15) is 9.90 Å². The SMILES string of the molecule is Cc1cccc(-n2c(C)cc(C(=O)NCC3CNCC3O)c2C)c1.Cl. The molecule has 2 unspecified atom stereocenters. The van der Waals surface area contributed by atoms with E-state index in [4.69, 9.17) is 0 Å². The highest BCUT2D eigenvalue weighted by molar-refractivity contribution is 5.95. The first-order valence-corrected chi connectivity index (χ1v) is 8.40. The summed E-state index contributed by atoms with van der Waals surface area (Å²) in [6.45, 7) is 7.87. The van der Waals surface area contributed by atoms with Crippen LogP contribution in [-0.4, -0.2) is 41.3 Å². The molecule has 25 heavy (non-hydrogen) atoms. The number of aryl methyl sites for hydroxylation is 2. The van der Waals surface area contributed by atoms with Gasteiger partial charge in [0.25, 0.3) is 5.91 Å². The number of amides is 1. The lowest BCUT2D eigenvalue weighted by molar-refractivity contribution is 0.0926. The fourth-order valence-corrected chi connectivity index (χ4v) is 3.40. The second-order valence-corrected chi connectivity index (χ2v) is 6.65. The second kappa shape index (κ2) is 8.04. The topological polar surface area (TPSA) is 66.3 Å². The third-order valence-electron chi connectivity index (χ3n) is 4.76. The molecule has 0 spiro atoms. The van der Waals surface area contributed by atoms with Crippen LogP contribution in [0.1, 0.15) is 27.3 Å². The molecule has 1 saturated heterocycles. The van der Waals surface area contributed by atoms with Crippen LogP contribution in [0.3, 0.4) is 0 Å². The van der Waals surface area contributed by atoms with Gasteiger partial charge in [0.1, 0.15) is 0 Å². The normalized spacial score (nSPS) is 19.5. The van der Waals surface area contributed by atoms with Gasteiger partial charge in [0.2, 0.25) is 0 Å². The number of aromatic nitrogens is 1. The van der Waals surface area contributed by atoms with Crippen LogP contribution >= 0.6 is 12.4 Å². The molecule has 2 atom stereocenters. The molecule has 1 aromatic heterocycles. The van der Waals surface area contributed by atoms with E-state index in [0.29, 0.717) is 18.7 Å². The molecule has 0 aliphatic carbocycles. The maximum Gasteiger partial charge on any atom is 0.253 e. The van der Waals surface area contributed by atoms with Gasteiger partial charge >= 0.3 is 0 Å². The highest BCUT2D eigenvalue weighted by Gasteiger charge is 2.26. The Bertz CT molecular complexity index is 757. The number of halogens is 1. The minimum Gasteiger partial charge on any atom is -0.391 e. The van der Waals surface area contributed by atoms with Crippen molar-refractivity contribution in [1.82, 2.24) is 15.2 Å². The van der Waals surface area contributed by atoms with Crippen LogP contribution in [0.5, 0.6) is 0 Å². The lowest BCUT2D eigenvalue weighted by atomic mass is 10.1. The molecule has 2 heterocycles. The van der Waals surface area contributed by atoms with Gasteiger partial charge in [-0.15, -0.1) is 12.4 Å². The zero-order valence-electron chi connectivity index (χ0n) is 14.9. The molecule has 5 nitrogen and oxygen atoms in total. The molecule has 1 fully saturated rings. The molecule has 1 aliphatic heterocycles. The van der Waals surface area contributed by atoms with Crippen LogP contribution in [0.25, 0.3) is 5.69 Å². The smallest absolute Gasteiger partial charge is 0.253 e. The molecule has 3 N–H and O–H groups in total. The van der Waals surface area contributed by atoms with Crippen molar-refractivity contribution in [3.63, 3.8) is 0 Å². The highest BCUT2D eigenvalue weighted by atomic mass is 35.5. The Morgan fingerprint density at radius 1 is 1.28 bits per heavy atom. The molecule has 2 aromatic rings.